The largest absolute Gasteiger partial charge is 0.454 e. The monoisotopic (exact) mass is 267 g/mol. The van der Waals surface area contributed by atoms with Crippen LogP contribution in [0.2, 0.25) is 0 Å². The number of hydrogen-bond acceptors (Lipinski definition) is 5. The minimum absolute atomic E-state index is 0.0105. The summed E-state index contributed by atoms with van der Waals surface area (Å²) in [6.07, 6.45) is -0.637. The lowest BCUT2D eigenvalue weighted by Gasteiger charge is -2.22. The highest BCUT2D eigenvalue weighted by atomic mass is 16.7. The van der Waals surface area contributed by atoms with Gasteiger partial charge in [-0.3, -0.25) is 0 Å². The van der Waals surface area contributed by atoms with Gasteiger partial charge in [-0.1, -0.05) is 19.9 Å². The Kier molecular flexibility index (Phi) is 4.63. The number of hydrogen-bond donors (Lipinski definition) is 3. The van der Waals surface area contributed by atoms with E-state index in [1.54, 1.807) is 12.1 Å². The summed E-state index contributed by atoms with van der Waals surface area (Å²) >= 11 is 0. The molecule has 0 amide bonds. The van der Waals surface area contributed by atoms with E-state index in [1.807, 2.05) is 19.9 Å². The van der Waals surface area contributed by atoms with Crippen LogP contribution in [0.4, 0.5) is 0 Å². The van der Waals surface area contributed by atoms with Crippen molar-refractivity contribution in [3.63, 3.8) is 0 Å². The topological polar surface area (TPSA) is 71.0 Å². The molecule has 1 aromatic carbocycles. The molecule has 3 N–H and O–H groups in total. The smallest absolute Gasteiger partial charge is 0.231 e. The number of benzene rings is 1. The van der Waals surface area contributed by atoms with Crippen LogP contribution in [0.3, 0.4) is 0 Å². The Morgan fingerprint density at radius 3 is 2.68 bits per heavy atom. The van der Waals surface area contributed by atoms with Crippen LogP contribution in [-0.4, -0.2) is 36.2 Å². The van der Waals surface area contributed by atoms with Gasteiger partial charge in [0.05, 0.1) is 12.7 Å². The van der Waals surface area contributed by atoms with Gasteiger partial charge in [-0.05, 0) is 23.6 Å². The summed E-state index contributed by atoms with van der Waals surface area (Å²) in [6.45, 7) is 4.74. The van der Waals surface area contributed by atoms with Crippen molar-refractivity contribution in [1.29, 1.82) is 0 Å². The van der Waals surface area contributed by atoms with Gasteiger partial charge < -0.3 is 25.0 Å². The minimum Gasteiger partial charge on any atom is -0.454 e. The zero-order chi connectivity index (χ0) is 13.8. The summed E-state index contributed by atoms with van der Waals surface area (Å²) in [6, 6.07) is 5.40. The molecule has 0 radical (unpaired) electrons. The highest BCUT2D eigenvalue weighted by Gasteiger charge is 2.18. The molecule has 5 heteroatoms. The van der Waals surface area contributed by atoms with Gasteiger partial charge >= 0.3 is 0 Å². The van der Waals surface area contributed by atoms with Gasteiger partial charge in [-0.25, -0.2) is 0 Å². The van der Waals surface area contributed by atoms with E-state index in [0.29, 0.717) is 24.0 Å². The molecule has 19 heavy (non-hydrogen) atoms. The van der Waals surface area contributed by atoms with Crippen molar-refractivity contribution in [2.24, 2.45) is 5.92 Å². The van der Waals surface area contributed by atoms with Gasteiger partial charge in [0.25, 0.3) is 0 Å². The van der Waals surface area contributed by atoms with Crippen LogP contribution in [0.5, 0.6) is 11.5 Å². The summed E-state index contributed by atoms with van der Waals surface area (Å²) in [7, 11) is 0. The van der Waals surface area contributed by atoms with E-state index < -0.39 is 6.10 Å². The molecule has 106 valence electrons. The van der Waals surface area contributed by atoms with Gasteiger partial charge in [-0.15, -0.1) is 0 Å². The van der Waals surface area contributed by atoms with E-state index in [2.05, 4.69) is 5.32 Å². The summed E-state index contributed by atoms with van der Waals surface area (Å²) < 4.78 is 10.5. The standard InChI is InChI=1S/C14H21NO4/c1-9(2)11(7-16)15-6-12(17)10-3-4-13-14(5-10)19-8-18-13/h3-5,9,11-12,15-17H,6-8H2,1-2H3. The van der Waals surface area contributed by atoms with Crippen LogP contribution in [0.15, 0.2) is 18.2 Å². The molecule has 1 heterocycles. The quantitative estimate of drug-likeness (QED) is 0.719. The normalized spacial score (nSPS) is 16.7. The number of fused-ring (bicyclic) bond motifs is 1. The molecule has 0 aromatic heterocycles. The van der Waals surface area contributed by atoms with Crippen molar-refractivity contribution in [2.75, 3.05) is 19.9 Å². The molecule has 1 aromatic rings. The number of aliphatic hydroxyl groups excluding tert-OH is 2. The van der Waals surface area contributed by atoms with Crippen LogP contribution in [0.1, 0.15) is 25.5 Å². The average molecular weight is 267 g/mol. The second kappa shape index (κ2) is 6.23. The van der Waals surface area contributed by atoms with Gasteiger partial charge in [0.1, 0.15) is 0 Å². The van der Waals surface area contributed by atoms with Crippen molar-refractivity contribution in [3.8, 4) is 11.5 Å². The average Bonchev–Trinajstić information content (AvgIpc) is 2.85. The van der Waals surface area contributed by atoms with Crippen molar-refractivity contribution < 1.29 is 19.7 Å². The lowest BCUT2D eigenvalue weighted by molar-refractivity contribution is 0.148. The highest BCUT2D eigenvalue weighted by Crippen LogP contribution is 2.34. The first-order valence-corrected chi connectivity index (χ1v) is 6.53. The Bertz CT molecular complexity index is 422. The summed E-state index contributed by atoms with van der Waals surface area (Å²) in [5.74, 6) is 1.69. The molecule has 0 bridgehead atoms. The molecule has 0 aliphatic carbocycles. The molecule has 2 unspecified atom stereocenters. The third kappa shape index (κ3) is 3.37. The van der Waals surface area contributed by atoms with E-state index in [9.17, 15) is 10.2 Å². The molecule has 0 fully saturated rings. The molecule has 5 nitrogen and oxygen atoms in total. The van der Waals surface area contributed by atoms with Gasteiger partial charge in [-0.2, -0.15) is 0 Å². The fourth-order valence-corrected chi connectivity index (χ4v) is 2.01. The Balaban J connectivity index is 1.94. The van der Waals surface area contributed by atoms with E-state index >= 15 is 0 Å². The first-order valence-electron chi connectivity index (χ1n) is 6.53. The third-order valence-corrected chi connectivity index (χ3v) is 3.36. The maximum absolute atomic E-state index is 10.1. The van der Waals surface area contributed by atoms with Crippen LogP contribution < -0.4 is 14.8 Å². The number of aliphatic hydroxyl groups is 2. The Hall–Kier alpha value is -1.30. The molecular weight excluding hydrogens is 246 g/mol. The predicted octanol–water partition coefficient (Wildman–Crippen LogP) is 1.06. The Morgan fingerprint density at radius 2 is 2.00 bits per heavy atom. The van der Waals surface area contributed by atoms with Crippen molar-refractivity contribution in [2.45, 2.75) is 26.0 Å². The number of rotatable bonds is 6. The highest BCUT2D eigenvalue weighted by molar-refractivity contribution is 5.45. The van der Waals surface area contributed by atoms with Gasteiger partial charge in [0.2, 0.25) is 6.79 Å². The fourth-order valence-electron chi connectivity index (χ4n) is 2.01. The van der Waals surface area contributed by atoms with E-state index in [4.69, 9.17) is 9.47 Å². The Morgan fingerprint density at radius 1 is 1.26 bits per heavy atom. The van der Waals surface area contributed by atoms with Crippen LogP contribution >= 0.6 is 0 Å². The molecule has 1 aliphatic heterocycles. The van der Waals surface area contributed by atoms with Crippen molar-refractivity contribution in [1.82, 2.24) is 5.32 Å². The predicted molar refractivity (Wildman–Crippen MR) is 71.2 cm³/mol. The van der Waals surface area contributed by atoms with Crippen LogP contribution in [-0.2, 0) is 0 Å². The third-order valence-electron chi connectivity index (χ3n) is 3.36. The maximum atomic E-state index is 10.1. The molecule has 0 saturated heterocycles. The summed E-state index contributed by atoms with van der Waals surface area (Å²) in [5, 5.41) is 22.5. The second-order valence-corrected chi connectivity index (χ2v) is 5.07. The van der Waals surface area contributed by atoms with Crippen LogP contribution in [0.25, 0.3) is 0 Å². The molecule has 1 aliphatic rings. The van der Waals surface area contributed by atoms with E-state index in [-0.39, 0.29) is 19.4 Å². The summed E-state index contributed by atoms with van der Waals surface area (Å²) in [5.41, 5.74) is 0.775. The fraction of sp³-hybridized carbons (Fsp3) is 0.571. The zero-order valence-corrected chi connectivity index (χ0v) is 11.3. The van der Waals surface area contributed by atoms with Gasteiger partial charge in [0, 0.05) is 12.6 Å². The molecule has 0 saturated carbocycles. The molecular formula is C14H21NO4. The summed E-state index contributed by atoms with van der Waals surface area (Å²) in [4.78, 5) is 0. The minimum atomic E-state index is -0.637. The molecule has 2 rings (SSSR count). The lowest BCUT2D eigenvalue weighted by atomic mass is 10.0. The number of nitrogens with one attached hydrogen (secondary N) is 1. The van der Waals surface area contributed by atoms with Crippen molar-refractivity contribution >= 4 is 0 Å². The number of ether oxygens (including phenoxy) is 2. The first kappa shape index (κ1) is 14.1. The van der Waals surface area contributed by atoms with Crippen molar-refractivity contribution in [3.05, 3.63) is 23.8 Å². The maximum Gasteiger partial charge on any atom is 0.231 e. The van der Waals surface area contributed by atoms with E-state index in [0.717, 1.165) is 5.56 Å². The lowest BCUT2D eigenvalue weighted by Crippen LogP contribution is -2.39. The Labute approximate surface area is 113 Å². The van der Waals surface area contributed by atoms with Gasteiger partial charge in [0.15, 0.2) is 11.5 Å². The molecule has 2 atom stereocenters. The molecule has 0 spiro atoms. The zero-order valence-electron chi connectivity index (χ0n) is 11.3. The second-order valence-electron chi connectivity index (χ2n) is 5.07. The first-order chi connectivity index (χ1) is 9.11. The van der Waals surface area contributed by atoms with E-state index in [1.165, 1.54) is 0 Å². The SMILES string of the molecule is CC(C)C(CO)NCC(O)c1ccc2c(c1)OCO2. The van der Waals surface area contributed by atoms with Crippen LogP contribution in [0, 0.1) is 5.92 Å².